The van der Waals surface area contributed by atoms with Crippen LogP contribution in [-0.4, -0.2) is 22.1 Å². The second-order valence-corrected chi connectivity index (χ2v) is 5.46. The first kappa shape index (κ1) is 15.4. The van der Waals surface area contributed by atoms with Gasteiger partial charge >= 0.3 is 0 Å². The Hall–Kier alpha value is -2.53. The fraction of sp³-hybridized carbons (Fsp3) is 0.176. The van der Waals surface area contributed by atoms with Gasteiger partial charge in [0.05, 0.1) is 17.4 Å². The van der Waals surface area contributed by atoms with Gasteiger partial charge in [-0.1, -0.05) is 11.6 Å². The zero-order chi connectivity index (χ0) is 16.2. The fourth-order valence-corrected chi connectivity index (χ4v) is 2.40. The number of aromatic nitrogens is 2. The molecule has 2 aromatic carbocycles. The Labute approximate surface area is 138 Å². The smallest absolute Gasteiger partial charge is 0.262 e. The van der Waals surface area contributed by atoms with E-state index < -0.39 is 0 Å². The van der Waals surface area contributed by atoms with Crippen molar-refractivity contribution in [2.45, 2.75) is 13.5 Å². The van der Waals surface area contributed by atoms with Crippen molar-refractivity contribution in [2.75, 3.05) is 11.9 Å². The third kappa shape index (κ3) is 3.63. The van der Waals surface area contributed by atoms with Gasteiger partial charge in [0.1, 0.15) is 5.75 Å². The molecule has 1 amide bonds. The molecule has 0 spiro atoms. The lowest BCUT2D eigenvalue weighted by Gasteiger charge is -2.08. The number of benzene rings is 2. The number of rotatable bonds is 5. The van der Waals surface area contributed by atoms with Gasteiger partial charge in [-0.15, -0.1) is 0 Å². The molecular formula is C17H16ClN3O2. The van der Waals surface area contributed by atoms with Gasteiger partial charge in [0, 0.05) is 17.3 Å². The molecule has 3 rings (SSSR count). The molecule has 0 aliphatic carbocycles. The Bertz CT molecular complexity index is 827. The average molecular weight is 330 g/mol. The Kier molecular flexibility index (Phi) is 4.48. The summed E-state index contributed by atoms with van der Waals surface area (Å²) in [6.45, 7) is 2.85. The predicted octanol–water partition coefficient (Wildman–Crippen LogP) is 3.73. The van der Waals surface area contributed by atoms with Crippen molar-refractivity contribution < 1.29 is 9.53 Å². The van der Waals surface area contributed by atoms with Gasteiger partial charge in [0.25, 0.3) is 5.91 Å². The van der Waals surface area contributed by atoms with E-state index >= 15 is 0 Å². The normalized spacial score (nSPS) is 10.7. The van der Waals surface area contributed by atoms with Crippen LogP contribution in [0.2, 0.25) is 5.02 Å². The summed E-state index contributed by atoms with van der Waals surface area (Å²) in [5.74, 6) is 0.371. The monoisotopic (exact) mass is 329 g/mol. The molecular weight excluding hydrogens is 314 g/mol. The van der Waals surface area contributed by atoms with E-state index in [-0.39, 0.29) is 12.5 Å². The number of anilines is 1. The van der Waals surface area contributed by atoms with Gasteiger partial charge in [0.15, 0.2) is 6.61 Å². The van der Waals surface area contributed by atoms with E-state index in [1.165, 1.54) is 0 Å². The summed E-state index contributed by atoms with van der Waals surface area (Å²) >= 11 is 5.80. The summed E-state index contributed by atoms with van der Waals surface area (Å²) in [5, 5.41) is 3.43. The average Bonchev–Trinajstić information content (AvgIpc) is 2.96. The van der Waals surface area contributed by atoms with Crippen molar-refractivity contribution in [3.8, 4) is 5.75 Å². The van der Waals surface area contributed by atoms with Crippen LogP contribution in [0.3, 0.4) is 0 Å². The molecule has 118 valence electrons. The molecule has 1 aromatic heterocycles. The van der Waals surface area contributed by atoms with E-state index in [2.05, 4.69) is 17.2 Å². The molecule has 3 aromatic rings. The molecule has 0 aliphatic heterocycles. The molecule has 1 heterocycles. The Morgan fingerprint density at radius 2 is 2.04 bits per heavy atom. The molecule has 0 bridgehead atoms. The number of hydrogen-bond acceptors (Lipinski definition) is 3. The van der Waals surface area contributed by atoms with E-state index in [9.17, 15) is 4.79 Å². The number of carbonyl (C=O) groups is 1. The molecule has 0 unspecified atom stereocenters. The van der Waals surface area contributed by atoms with Crippen molar-refractivity contribution in [3.63, 3.8) is 0 Å². The fourth-order valence-electron chi connectivity index (χ4n) is 2.27. The molecule has 5 nitrogen and oxygen atoms in total. The number of aryl methyl sites for hydroxylation is 1. The largest absolute Gasteiger partial charge is 0.484 e. The van der Waals surface area contributed by atoms with Gasteiger partial charge in [0.2, 0.25) is 0 Å². The Morgan fingerprint density at radius 3 is 2.78 bits per heavy atom. The summed E-state index contributed by atoms with van der Waals surface area (Å²) in [5.41, 5.74) is 2.59. The number of nitrogens with one attached hydrogen (secondary N) is 1. The summed E-state index contributed by atoms with van der Waals surface area (Å²) in [7, 11) is 0. The Balaban J connectivity index is 1.62. The first-order valence-electron chi connectivity index (χ1n) is 7.29. The standard InChI is InChI=1S/C17H16ClN3O2/c1-2-21-11-19-15-9-13(5-8-16(15)21)20-17(22)10-23-14-6-3-12(18)4-7-14/h3-9,11H,2,10H2,1H3,(H,20,22). The van der Waals surface area contributed by atoms with E-state index in [0.29, 0.717) is 16.5 Å². The zero-order valence-electron chi connectivity index (χ0n) is 12.6. The number of ether oxygens (including phenoxy) is 1. The lowest BCUT2D eigenvalue weighted by molar-refractivity contribution is -0.118. The molecule has 0 fully saturated rings. The highest BCUT2D eigenvalue weighted by Crippen LogP contribution is 2.19. The number of carbonyl (C=O) groups excluding carboxylic acids is 1. The molecule has 23 heavy (non-hydrogen) atoms. The van der Waals surface area contributed by atoms with Crippen LogP contribution in [0.1, 0.15) is 6.92 Å². The van der Waals surface area contributed by atoms with Gasteiger partial charge in [-0.05, 0) is 49.4 Å². The van der Waals surface area contributed by atoms with Crippen molar-refractivity contribution >= 4 is 34.2 Å². The molecule has 0 radical (unpaired) electrons. The van der Waals surface area contributed by atoms with Crippen LogP contribution in [0, 0.1) is 0 Å². The number of fused-ring (bicyclic) bond motifs is 1. The number of amides is 1. The van der Waals surface area contributed by atoms with Gasteiger partial charge in [-0.2, -0.15) is 0 Å². The predicted molar refractivity (Wildman–Crippen MR) is 91.0 cm³/mol. The van der Waals surface area contributed by atoms with Crippen LogP contribution in [0.15, 0.2) is 48.8 Å². The maximum absolute atomic E-state index is 12.0. The summed E-state index contributed by atoms with van der Waals surface area (Å²) < 4.78 is 7.46. The summed E-state index contributed by atoms with van der Waals surface area (Å²) in [6.07, 6.45) is 1.79. The second-order valence-electron chi connectivity index (χ2n) is 5.02. The van der Waals surface area contributed by atoms with Crippen LogP contribution in [0.5, 0.6) is 5.75 Å². The summed E-state index contributed by atoms with van der Waals surface area (Å²) in [4.78, 5) is 16.3. The topological polar surface area (TPSA) is 56.2 Å². The quantitative estimate of drug-likeness (QED) is 0.776. The lowest BCUT2D eigenvalue weighted by atomic mass is 10.2. The molecule has 0 aliphatic rings. The first-order valence-corrected chi connectivity index (χ1v) is 7.66. The minimum absolute atomic E-state index is 0.0664. The minimum Gasteiger partial charge on any atom is -0.484 e. The highest BCUT2D eigenvalue weighted by atomic mass is 35.5. The van der Waals surface area contributed by atoms with Crippen LogP contribution in [0.4, 0.5) is 5.69 Å². The molecule has 6 heteroatoms. The van der Waals surface area contributed by atoms with Gasteiger partial charge in [-0.25, -0.2) is 4.98 Å². The SMILES string of the molecule is CCn1cnc2cc(NC(=O)COc3ccc(Cl)cc3)ccc21. The molecule has 1 N–H and O–H groups in total. The van der Waals surface area contributed by atoms with Crippen molar-refractivity contribution in [3.05, 3.63) is 53.8 Å². The van der Waals surface area contributed by atoms with Crippen LogP contribution in [-0.2, 0) is 11.3 Å². The van der Waals surface area contributed by atoms with E-state index in [1.807, 2.05) is 22.8 Å². The maximum Gasteiger partial charge on any atom is 0.262 e. The molecule has 0 saturated carbocycles. The highest BCUT2D eigenvalue weighted by molar-refractivity contribution is 6.30. The second kappa shape index (κ2) is 6.71. The highest BCUT2D eigenvalue weighted by Gasteiger charge is 2.07. The number of imidazole rings is 1. The van der Waals surface area contributed by atoms with Crippen molar-refractivity contribution in [1.82, 2.24) is 9.55 Å². The Morgan fingerprint density at radius 1 is 1.26 bits per heavy atom. The van der Waals surface area contributed by atoms with E-state index in [4.69, 9.17) is 16.3 Å². The number of hydrogen-bond donors (Lipinski definition) is 1. The van der Waals surface area contributed by atoms with Crippen LogP contribution >= 0.6 is 11.6 Å². The lowest BCUT2D eigenvalue weighted by Crippen LogP contribution is -2.20. The third-order valence-electron chi connectivity index (χ3n) is 3.43. The number of nitrogens with zero attached hydrogens (tertiary/aromatic N) is 2. The summed E-state index contributed by atoms with van der Waals surface area (Å²) in [6, 6.07) is 12.5. The van der Waals surface area contributed by atoms with Gasteiger partial charge < -0.3 is 14.6 Å². The molecule has 0 saturated heterocycles. The van der Waals surface area contributed by atoms with E-state index in [0.717, 1.165) is 17.6 Å². The third-order valence-corrected chi connectivity index (χ3v) is 3.68. The minimum atomic E-state index is -0.228. The van der Waals surface area contributed by atoms with Crippen LogP contribution < -0.4 is 10.1 Å². The van der Waals surface area contributed by atoms with Crippen molar-refractivity contribution in [2.24, 2.45) is 0 Å². The maximum atomic E-state index is 12.0. The first-order chi connectivity index (χ1) is 11.2. The number of halogens is 1. The van der Waals surface area contributed by atoms with Gasteiger partial charge in [-0.3, -0.25) is 4.79 Å². The van der Waals surface area contributed by atoms with Crippen LogP contribution in [0.25, 0.3) is 11.0 Å². The van der Waals surface area contributed by atoms with Crippen molar-refractivity contribution in [1.29, 1.82) is 0 Å². The molecule has 0 atom stereocenters. The zero-order valence-corrected chi connectivity index (χ0v) is 13.4. The van der Waals surface area contributed by atoms with E-state index in [1.54, 1.807) is 30.6 Å².